The summed E-state index contributed by atoms with van der Waals surface area (Å²) in [7, 11) is 0. The van der Waals surface area contributed by atoms with Gasteiger partial charge in [-0.2, -0.15) is 0 Å². The van der Waals surface area contributed by atoms with Gasteiger partial charge in [-0.3, -0.25) is 0 Å². The Morgan fingerprint density at radius 2 is 1.65 bits per heavy atom. The first kappa shape index (κ1) is 11.9. The highest BCUT2D eigenvalue weighted by molar-refractivity contribution is 5.30. The lowest BCUT2D eigenvalue weighted by atomic mass is 9.86. The zero-order valence-corrected chi connectivity index (χ0v) is 10.8. The van der Waals surface area contributed by atoms with Crippen molar-refractivity contribution in [2.24, 2.45) is 0 Å². The summed E-state index contributed by atoms with van der Waals surface area (Å²) in [6, 6.07) is 20.5. The molecule has 2 rings (SSSR count). The van der Waals surface area contributed by atoms with Crippen molar-refractivity contribution in [3.63, 3.8) is 0 Å². The summed E-state index contributed by atoms with van der Waals surface area (Å²) in [6.45, 7) is 6.69. The largest absolute Gasteiger partial charge is 0.0622 e. The van der Waals surface area contributed by atoms with Crippen molar-refractivity contribution < 1.29 is 0 Å². The molecule has 2 aromatic carbocycles. The average molecular weight is 223 g/mol. The van der Waals surface area contributed by atoms with Crippen LogP contribution in [0, 0.1) is 6.07 Å². The molecule has 0 atom stereocenters. The molecule has 0 aliphatic heterocycles. The van der Waals surface area contributed by atoms with Crippen LogP contribution >= 0.6 is 0 Å². The summed E-state index contributed by atoms with van der Waals surface area (Å²) >= 11 is 0. The monoisotopic (exact) mass is 223 g/mol. The molecular formula is C17H19. The number of benzene rings is 2. The highest BCUT2D eigenvalue weighted by atomic mass is 14.2. The van der Waals surface area contributed by atoms with Crippen LogP contribution in [-0.2, 0) is 11.8 Å². The lowest BCUT2D eigenvalue weighted by molar-refractivity contribution is 0.590. The molecule has 0 N–H and O–H groups in total. The van der Waals surface area contributed by atoms with Gasteiger partial charge in [0.05, 0.1) is 0 Å². The quantitative estimate of drug-likeness (QED) is 0.709. The Morgan fingerprint density at radius 1 is 0.941 bits per heavy atom. The third-order valence-electron chi connectivity index (χ3n) is 2.98. The first-order chi connectivity index (χ1) is 8.05. The van der Waals surface area contributed by atoms with Crippen LogP contribution in [0.15, 0.2) is 48.5 Å². The Morgan fingerprint density at radius 3 is 2.18 bits per heavy atom. The van der Waals surface area contributed by atoms with Gasteiger partial charge >= 0.3 is 0 Å². The van der Waals surface area contributed by atoms with Crippen molar-refractivity contribution >= 4 is 0 Å². The van der Waals surface area contributed by atoms with E-state index in [9.17, 15) is 0 Å². The molecule has 0 bridgehead atoms. The van der Waals surface area contributed by atoms with Gasteiger partial charge in [0.1, 0.15) is 0 Å². The summed E-state index contributed by atoms with van der Waals surface area (Å²) in [5.41, 5.74) is 4.15. The van der Waals surface area contributed by atoms with Crippen molar-refractivity contribution in [2.75, 3.05) is 0 Å². The number of rotatable bonds is 2. The van der Waals surface area contributed by atoms with Crippen LogP contribution in [0.3, 0.4) is 0 Å². The fraction of sp³-hybridized carbons (Fsp3) is 0.294. The van der Waals surface area contributed by atoms with E-state index in [4.69, 9.17) is 0 Å². The number of hydrogen-bond acceptors (Lipinski definition) is 0. The highest BCUT2D eigenvalue weighted by Crippen LogP contribution is 2.22. The van der Waals surface area contributed by atoms with Crippen molar-refractivity contribution in [1.29, 1.82) is 0 Å². The third-order valence-corrected chi connectivity index (χ3v) is 2.98. The molecule has 0 heterocycles. The average Bonchev–Trinajstić information content (AvgIpc) is 2.30. The maximum atomic E-state index is 3.39. The third kappa shape index (κ3) is 3.20. The Labute approximate surface area is 104 Å². The summed E-state index contributed by atoms with van der Waals surface area (Å²) in [5.74, 6) is 0. The van der Waals surface area contributed by atoms with Gasteiger partial charge < -0.3 is 0 Å². The molecule has 0 aliphatic carbocycles. The number of hydrogen-bond donors (Lipinski definition) is 0. The lowest BCUT2D eigenvalue weighted by Crippen LogP contribution is -2.10. The van der Waals surface area contributed by atoms with E-state index in [1.165, 1.54) is 16.7 Å². The summed E-state index contributed by atoms with van der Waals surface area (Å²) < 4.78 is 0. The molecule has 0 aliphatic rings. The molecule has 2 aromatic rings. The minimum absolute atomic E-state index is 0.210. The molecular weight excluding hydrogens is 204 g/mol. The molecule has 1 radical (unpaired) electrons. The normalized spacial score (nSPS) is 11.5. The zero-order chi connectivity index (χ0) is 12.3. The summed E-state index contributed by atoms with van der Waals surface area (Å²) in [6.07, 6.45) is 0.964. The van der Waals surface area contributed by atoms with Crippen molar-refractivity contribution in [3.05, 3.63) is 71.3 Å². The van der Waals surface area contributed by atoms with E-state index in [0.717, 1.165) is 6.42 Å². The molecule has 0 saturated carbocycles. The Kier molecular flexibility index (Phi) is 3.33. The van der Waals surface area contributed by atoms with E-state index >= 15 is 0 Å². The van der Waals surface area contributed by atoms with Crippen LogP contribution in [0.25, 0.3) is 0 Å². The fourth-order valence-corrected chi connectivity index (χ4v) is 1.85. The van der Waals surface area contributed by atoms with Crippen molar-refractivity contribution in [3.8, 4) is 0 Å². The van der Waals surface area contributed by atoms with Crippen LogP contribution in [0.5, 0.6) is 0 Å². The molecule has 87 valence electrons. The maximum Gasteiger partial charge on any atom is -0.00196 e. The van der Waals surface area contributed by atoms with Gasteiger partial charge in [0.2, 0.25) is 0 Å². The summed E-state index contributed by atoms with van der Waals surface area (Å²) in [5, 5.41) is 0. The van der Waals surface area contributed by atoms with Gasteiger partial charge in [0.25, 0.3) is 0 Å². The molecule has 0 nitrogen and oxygen atoms in total. The van der Waals surface area contributed by atoms with Gasteiger partial charge in [-0.15, -0.1) is 0 Å². The van der Waals surface area contributed by atoms with Gasteiger partial charge in [0, 0.05) is 0 Å². The lowest BCUT2D eigenvalue weighted by Gasteiger charge is -2.18. The first-order valence-electron chi connectivity index (χ1n) is 6.11. The zero-order valence-electron chi connectivity index (χ0n) is 10.8. The molecule has 0 unspecified atom stereocenters. The predicted octanol–water partition coefficient (Wildman–Crippen LogP) is 4.38. The fourth-order valence-electron chi connectivity index (χ4n) is 1.85. The Balaban J connectivity index is 2.14. The van der Waals surface area contributed by atoms with Gasteiger partial charge in [-0.25, -0.2) is 0 Å². The molecule has 0 amide bonds. The highest BCUT2D eigenvalue weighted by Gasteiger charge is 2.12. The van der Waals surface area contributed by atoms with Gasteiger partial charge in [-0.05, 0) is 34.6 Å². The molecule has 17 heavy (non-hydrogen) atoms. The second kappa shape index (κ2) is 4.75. The topological polar surface area (TPSA) is 0 Å². The standard InChI is InChI=1S/C17H19/c1-17(2,3)16-11-9-15(10-12-16)13-14-7-5-4-6-8-14/h4-9,11-12H,13H2,1-3H3. The minimum atomic E-state index is 0.210. The van der Waals surface area contributed by atoms with Crippen LogP contribution in [-0.4, -0.2) is 0 Å². The molecule has 0 fully saturated rings. The van der Waals surface area contributed by atoms with E-state index in [2.05, 4.69) is 75.4 Å². The Bertz CT molecular complexity index is 458. The van der Waals surface area contributed by atoms with Gasteiger partial charge in [-0.1, -0.05) is 69.3 Å². The molecule has 0 heteroatoms. The second-order valence-electron chi connectivity index (χ2n) is 5.51. The molecule has 0 saturated heterocycles. The van der Waals surface area contributed by atoms with E-state index in [1.54, 1.807) is 0 Å². The van der Waals surface area contributed by atoms with Crippen LogP contribution in [0.1, 0.15) is 37.5 Å². The van der Waals surface area contributed by atoms with E-state index < -0.39 is 0 Å². The molecule has 0 aromatic heterocycles. The minimum Gasteiger partial charge on any atom is -0.0622 e. The van der Waals surface area contributed by atoms with E-state index in [-0.39, 0.29) is 5.41 Å². The first-order valence-corrected chi connectivity index (χ1v) is 6.11. The van der Waals surface area contributed by atoms with Crippen LogP contribution < -0.4 is 0 Å². The van der Waals surface area contributed by atoms with E-state index in [0.29, 0.717) is 0 Å². The van der Waals surface area contributed by atoms with Crippen molar-refractivity contribution in [1.82, 2.24) is 0 Å². The summed E-state index contributed by atoms with van der Waals surface area (Å²) in [4.78, 5) is 0. The Hall–Kier alpha value is -1.56. The second-order valence-corrected chi connectivity index (χ2v) is 5.51. The molecule has 0 spiro atoms. The SMILES string of the molecule is CC(C)(C)c1c[c]c(Cc2ccccc2)cc1. The van der Waals surface area contributed by atoms with Crippen molar-refractivity contribution in [2.45, 2.75) is 32.6 Å². The van der Waals surface area contributed by atoms with Crippen LogP contribution in [0.2, 0.25) is 0 Å². The predicted molar refractivity (Wildman–Crippen MR) is 73.2 cm³/mol. The van der Waals surface area contributed by atoms with Gasteiger partial charge in [0.15, 0.2) is 0 Å². The maximum absolute atomic E-state index is 3.39. The van der Waals surface area contributed by atoms with Crippen LogP contribution in [0.4, 0.5) is 0 Å². The smallest absolute Gasteiger partial charge is 0.00196 e. The van der Waals surface area contributed by atoms with E-state index in [1.807, 2.05) is 0 Å².